The van der Waals surface area contributed by atoms with E-state index in [1.165, 1.54) is 5.56 Å². The first kappa shape index (κ1) is 12.4. The Morgan fingerprint density at radius 3 is 2.74 bits per heavy atom. The Labute approximate surface area is 121 Å². The first-order valence-corrected chi connectivity index (χ1v) is 7.05. The van der Waals surface area contributed by atoms with Gasteiger partial charge in [-0.15, -0.1) is 0 Å². The molecular formula is C14H15BrN4. The van der Waals surface area contributed by atoms with Crippen molar-refractivity contribution in [2.45, 2.75) is 19.9 Å². The maximum Gasteiger partial charge on any atom is 0.174 e. The minimum Gasteiger partial charge on any atom is -0.349 e. The molecule has 0 spiro atoms. The molecule has 0 fully saturated rings. The van der Waals surface area contributed by atoms with Crippen molar-refractivity contribution < 1.29 is 0 Å². The van der Waals surface area contributed by atoms with Gasteiger partial charge in [0.15, 0.2) is 11.6 Å². The highest BCUT2D eigenvalue weighted by Gasteiger charge is 2.27. The molecule has 0 aliphatic carbocycles. The Bertz CT molecular complexity index is 600. The van der Waals surface area contributed by atoms with E-state index >= 15 is 0 Å². The molecule has 0 radical (unpaired) electrons. The summed E-state index contributed by atoms with van der Waals surface area (Å²) in [6.07, 6.45) is 0. The van der Waals surface area contributed by atoms with Crippen LogP contribution in [0.15, 0.2) is 34.9 Å². The van der Waals surface area contributed by atoms with Gasteiger partial charge >= 0.3 is 0 Å². The van der Waals surface area contributed by atoms with Gasteiger partial charge in [-0.3, -0.25) is 0 Å². The van der Waals surface area contributed by atoms with Gasteiger partial charge in [0.1, 0.15) is 4.60 Å². The average molecular weight is 319 g/mol. The lowest BCUT2D eigenvalue weighted by Crippen LogP contribution is -2.26. The van der Waals surface area contributed by atoms with Crippen molar-refractivity contribution in [3.8, 4) is 0 Å². The van der Waals surface area contributed by atoms with E-state index in [-0.39, 0.29) is 6.04 Å². The third kappa shape index (κ3) is 2.18. The molecule has 19 heavy (non-hydrogen) atoms. The molecule has 5 heteroatoms. The van der Waals surface area contributed by atoms with E-state index in [2.05, 4.69) is 67.3 Å². The Kier molecular flexibility index (Phi) is 3.14. The highest BCUT2D eigenvalue weighted by atomic mass is 79.9. The summed E-state index contributed by atoms with van der Waals surface area (Å²) in [6, 6.07) is 10.7. The molecule has 98 valence electrons. The Balaban J connectivity index is 1.96. The van der Waals surface area contributed by atoms with Gasteiger partial charge < -0.3 is 10.2 Å². The highest BCUT2D eigenvalue weighted by Crippen LogP contribution is 2.35. The fraction of sp³-hybridized carbons (Fsp3) is 0.286. The predicted octanol–water partition coefficient (Wildman–Crippen LogP) is 3.50. The molecule has 0 unspecified atom stereocenters. The second kappa shape index (κ2) is 4.81. The van der Waals surface area contributed by atoms with Crippen LogP contribution in [0.4, 0.5) is 11.6 Å². The predicted molar refractivity (Wildman–Crippen MR) is 80.3 cm³/mol. The fourth-order valence-corrected chi connectivity index (χ4v) is 2.53. The van der Waals surface area contributed by atoms with Crippen LogP contribution in [0.2, 0.25) is 0 Å². The van der Waals surface area contributed by atoms with Crippen LogP contribution >= 0.6 is 15.9 Å². The number of halogens is 1. The van der Waals surface area contributed by atoms with Crippen LogP contribution in [0.25, 0.3) is 0 Å². The molecule has 4 nitrogen and oxygen atoms in total. The molecule has 0 bridgehead atoms. The summed E-state index contributed by atoms with van der Waals surface area (Å²) in [6.45, 7) is 4.87. The Morgan fingerprint density at radius 1 is 1.26 bits per heavy atom. The molecule has 1 N–H and O–H groups in total. The first-order chi connectivity index (χ1) is 9.16. The number of anilines is 2. The second-order valence-corrected chi connectivity index (χ2v) is 5.41. The number of rotatable bonds is 2. The third-order valence-electron chi connectivity index (χ3n) is 3.43. The zero-order valence-electron chi connectivity index (χ0n) is 10.9. The summed E-state index contributed by atoms with van der Waals surface area (Å²) >= 11 is 3.45. The number of hydrogen-bond donors (Lipinski definition) is 1. The average Bonchev–Trinajstić information content (AvgIpc) is 2.82. The molecule has 1 aromatic carbocycles. The van der Waals surface area contributed by atoms with Crippen LogP contribution in [0.5, 0.6) is 0 Å². The topological polar surface area (TPSA) is 41.1 Å². The molecule has 3 rings (SSSR count). The molecule has 0 saturated carbocycles. The molecule has 2 heterocycles. The van der Waals surface area contributed by atoms with Gasteiger partial charge in [-0.1, -0.05) is 30.3 Å². The van der Waals surface area contributed by atoms with E-state index in [1.807, 2.05) is 13.0 Å². The van der Waals surface area contributed by atoms with Crippen LogP contribution in [0.1, 0.15) is 24.2 Å². The smallest absolute Gasteiger partial charge is 0.174 e. The summed E-state index contributed by atoms with van der Waals surface area (Å²) < 4.78 is 0.806. The van der Waals surface area contributed by atoms with Crippen molar-refractivity contribution in [2.24, 2.45) is 0 Å². The summed E-state index contributed by atoms with van der Waals surface area (Å²) in [4.78, 5) is 11.3. The minimum atomic E-state index is 0.263. The number of nitrogens with one attached hydrogen (secondary N) is 1. The number of aromatic nitrogens is 2. The van der Waals surface area contributed by atoms with Crippen LogP contribution in [0.3, 0.4) is 0 Å². The molecule has 1 aliphatic heterocycles. The van der Waals surface area contributed by atoms with Crippen molar-refractivity contribution >= 4 is 27.6 Å². The standard InChI is InChI=1S/C14H15BrN4/c1-9-12(15)18-14-13(17-9)16-8-19(14)10(2)11-6-4-3-5-7-11/h3-7,10H,8H2,1-2H3,(H,16,17)/t10-/m0/s1. The molecule has 1 aliphatic rings. The molecule has 1 aromatic heterocycles. The van der Waals surface area contributed by atoms with E-state index in [0.29, 0.717) is 0 Å². The summed E-state index contributed by atoms with van der Waals surface area (Å²) in [5, 5.41) is 3.30. The van der Waals surface area contributed by atoms with Gasteiger partial charge in [0.25, 0.3) is 0 Å². The van der Waals surface area contributed by atoms with E-state index in [9.17, 15) is 0 Å². The largest absolute Gasteiger partial charge is 0.349 e. The van der Waals surface area contributed by atoms with Crippen molar-refractivity contribution in [1.82, 2.24) is 9.97 Å². The molecule has 0 amide bonds. The fourth-order valence-electron chi connectivity index (χ4n) is 2.28. The lowest BCUT2D eigenvalue weighted by atomic mass is 10.1. The molecule has 0 saturated heterocycles. The van der Waals surface area contributed by atoms with E-state index < -0.39 is 0 Å². The van der Waals surface area contributed by atoms with E-state index in [0.717, 1.165) is 28.6 Å². The highest BCUT2D eigenvalue weighted by molar-refractivity contribution is 9.10. The maximum atomic E-state index is 4.60. The van der Waals surface area contributed by atoms with Crippen molar-refractivity contribution in [3.05, 3.63) is 46.2 Å². The second-order valence-electron chi connectivity index (χ2n) is 4.66. The van der Waals surface area contributed by atoms with Gasteiger partial charge in [-0.2, -0.15) is 0 Å². The number of hydrogen-bond acceptors (Lipinski definition) is 4. The maximum absolute atomic E-state index is 4.60. The quantitative estimate of drug-likeness (QED) is 0.920. The number of benzene rings is 1. The first-order valence-electron chi connectivity index (χ1n) is 6.26. The SMILES string of the molecule is Cc1nc2c(nc1Br)N([C@@H](C)c1ccccc1)CN2. The van der Waals surface area contributed by atoms with E-state index in [1.54, 1.807) is 0 Å². The Morgan fingerprint density at radius 2 is 2.00 bits per heavy atom. The van der Waals surface area contributed by atoms with Gasteiger partial charge in [-0.25, -0.2) is 9.97 Å². The van der Waals surface area contributed by atoms with Gasteiger partial charge in [0.2, 0.25) is 0 Å². The number of nitrogens with zero attached hydrogens (tertiary/aromatic N) is 3. The van der Waals surface area contributed by atoms with E-state index in [4.69, 9.17) is 0 Å². The van der Waals surface area contributed by atoms with Crippen LogP contribution in [0, 0.1) is 6.92 Å². The third-order valence-corrected chi connectivity index (χ3v) is 4.18. The monoisotopic (exact) mass is 318 g/mol. The van der Waals surface area contributed by atoms with Crippen molar-refractivity contribution in [2.75, 3.05) is 16.9 Å². The summed E-state index contributed by atoms with van der Waals surface area (Å²) in [7, 11) is 0. The van der Waals surface area contributed by atoms with Crippen LogP contribution < -0.4 is 10.2 Å². The lowest BCUT2D eigenvalue weighted by Gasteiger charge is -2.25. The van der Waals surface area contributed by atoms with Crippen molar-refractivity contribution in [3.63, 3.8) is 0 Å². The minimum absolute atomic E-state index is 0.263. The number of fused-ring (bicyclic) bond motifs is 1. The zero-order chi connectivity index (χ0) is 13.4. The lowest BCUT2D eigenvalue weighted by molar-refractivity contribution is 0.703. The summed E-state index contributed by atoms with van der Waals surface area (Å²) in [5.74, 6) is 1.78. The van der Waals surface area contributed by atoms with Crippen LogP contribution in [-0.2, 0) is 0 Å². The Hall–Kier alpha value is -1.62. The van der Waals surface area contributed by atoms with Gasteiger partial charge in [-0.05, 0) is 35.3 Å². The van der Waals surface area contributed by atoms with Crippen molar-refractivity contribution in [1.29, 1.82) is 0 Å². The van der Waals surface area contributed by atoms with Crippen LogP contribution in [-0.4, -0.2) is 16.6 Å². The number of aryl methyl sites for hydroxylation is 1. The zero-order valence-corrected chi connectivity index (χ0v) is 12.5. The molecule has 2 aromatic rings. The van der Waals surface area contributed by atoms with Gasteiger partial charge in [0.05, 0.1) is 18.4 Å². The normalized spacial score (nSPS) is 15.0. The summed E-state index contributed by atoms with van der Waals surface area (Å²) in [5.41, 5.74) is 2.18. The molecule has 1 atom stereocenters. The van der Waals surface area contributed by atoms with Gasteiger partial charge in [0, 0.05) is 0 Å². The molecular weight excluding hydrogens is 304 g/mol.